The van der Waals surface area contributed by atoms with Gasteiger partial charge in [0.15, 0.2) is 0 Å². The first-order valence-corrected chi connectivity index (χ1v) is 8.93. The van der Waals surface area contributed by atoms with E-state index in [-0.39, 0.29) is 10.9 Å². The summed E-state index contributed by atoms with van der Waals surface area (Å²) >= 11 is 1.54. The summed E-state index contributed by atoms with van der Waals surface area (Å²) in [5.74, 6) is 0.602. The van der Waals surface area contributed by atoms with Crippen molar-refractivity contribution in [1.29, 1.82) is 0 Å². The Hall–Kier alpha value is -1.41. The maximum Gasteiger partial charge on any atom is 0.241 e. The van der Waals surface area contributed by atoms with E-state index in [0.29, 0.717) is 18.9 Å². The Morgan fingerprint density at radius 1 is 1.29 bits per heavy atom. The van der Waals surface area contributed by atoms with Gasteiger partial charge in [-0.1, -0.05) is 0 Å². The Morgan fingerprint density at radius 3 is 2.57 bits per heavy atom. The molecular formula is C14H18N2O3S2. The molecule has 1 aromatic heterocycles. The SMILES string of the molecule is CC(NS(=O)(=O)c1ccc(OCCN)cc1)c1ccsc1. The highest BCUT2D eigenvalue weighted by molar-refractivity contribution is 7.89. The second-order valence-corrected chi connectivity index (χ2v) is 7.00. The van der Waals surface area contributed by atoms with Gasteiger partial charge < -0.3 is 10.5 Å². The van der Waals surface area contributed by atoms with Crippen LogP contribution in [0.5, 0.6) is 5.75 Å². The standard InChI is InChI=1S/C14H18N2O3S2/c1-11(12-6-9-20-10-12)16-21(17,18)14-4-2-13(3-5-14)19-8-7-15/h2-6,9-11,16H,7-8,15H2,1H3. The molecule has 0 bridgehead atoms. The van der Waals surface area contributed by atoms with Gasteiger partial charge in [-0.2, -0.15) is 11.3 Å². The monoisotopic (exact) mass is 326 g/mol. The van der Waals surface area contributed by atoms with Crippen LogP contribution in [0.15, 0.2) is 46.0 Å². The van der Waals surface area contributed by atoms with E-state index in [0.717, 1.165) is 5.56 Å². The summed E-state index contributed by atoms with van der Waals surface area (Å²) in [4.78, 5) is 0.213. The maximum absolute atomic E-state index is 12.3. The number of benzene rings is 1. The summed E-state index contributed by atoms with van der Waals surface area (Å²) in [6.45, 7) is 2.64. The van der Waals surface area contributed by atoms with Crippen LogP contribution in [0.1, 0.15) is 18.5 Å². The molecular weight excluding hydrogens is 308 g/mol. The van der Waals surface area contributed by atoms with Gasteiger partial charge in [-0.3, -0.25) is 0 Å². The van der Waals surface area contributed by atoms with Crippen molar-refractivity contribution in [3.63, 3.8) is 0 Å². The molecule has 0 radical (unpaired) electrons. The summed E-state index contributed by atoms with van der Waals surface area (Å²) < 4.78 is 32.6. The first kappa shape index (κ1) is 16.0. The number of hydrogen-bond acceptors (Lipinski definition) is 5. The molecule has 0 aliphatic carbocycles. The molecule has 0 fully saturated rings. The van der Waals surface area contributed by atoms with Gasteiger partial charge in [-0.25, -0.2) is 13.1 Å². The molecule has 2 aromatic rings. The zero-order valence-corrected chi connectivity index (χ0v) is 13.3. The van der Waals surface area contributed by atoms with Crippen molar-refractivity contribution in [1.82, 2.24) is 4.72 Å². The molecule has 7 heteroatoms. The zero-order valence-electron chi connectivity index (χ0n) is 11.7. The summed E-state index contributed by atoms with van der Waals surface area (Å²) in [6.07, 6.45) is 0. The molecule has 0 spiro atoms. The van der Waals surface area contributed by atoms with Crippen LogP contribution in [0.3, 0.4) is 0 Å². The maximum atomic E-state index is 12.3. The van der Waals surface area contributed by atoms with E-state index in [4.69, 9.17) is 10.5 Å². The van der Waals surface area contributed by atoms with E-state index >= 15 is 0 Å². The molecule has 0 aliphatic rings. The highest BCUT2D eigenvalue weighted by Gasteiger charge is 2.18. The number of sulfonamides is 1. The third-order valence-corrected chi connectivity index (χ3v) is 5.15. The highest BCUT2D eigenvalue weighted by Crippen LogP contribution is 2.20. The Kier molecular flexibility index (Phi) is 5.35. The first-order valence-electron chi connectivity index (χ1n) is 6.50. The summed E-state index contributed by atoms with van der Waals surface area (Å²) in [5, 5.41) is 3.85. The van der Waals surface area contributed by atoms with Crippen molar-refractivity contribution < 1.29 is 13.2 Å². The topological polar surface area (TPSA) is 81.4 Å². The Morgan fingerprint density at radius 2 is 2.00 bits per heavy atom. The van der Waals surface area contributed by atoms with Gasteiger partial charge in [-0.15, -0.1) is 0 Å². The summed E-state index contributed by atoms with van der Waals surface area (Å²) in [5.41, 5.74) is 6.30. The molecule has 0 saturated carbocycles. The second-order valence-electron chi connectivity index (χ2n) is 4.51. The third-order valence-electron chi connectivity index (χ3n) is 2.90. The van der Waals surface area contributed by atoms with Crippen LogP contribution in [-0.4, -0.2) is 21.6 Å². The summed E-state index contributed by atoms with van der Waals surface area (Å²) in [7, 11) is -3.55. The van der Waals surface area contributed by atoms with E-state index in [2.05, 4.69) is 4.72 Å². The van der Waals surface area contributed by atoms with E-state index in [1.165, 1.54) is 23.5 Å². The zero-order chi connectivity index (χ0) is 15.3. The van der Waals surface area contributed by atoms with Crippen LogP contribution in [0.25, 0.3) is 0 Å². The number of nitrogens with two attached hydrogens (primary N) is 1. The van der Waals surface area contributed by atoms with E-state index in [1.54, 1.807) is 12.1 Å². The number of nitrogens with one attached hydrogen (secondary N) is 1. The van der Waals surface area contributed by atoms with Crippen LogP contribution in [-0.2, 0) is 10.0 Å². The highest BCUT2D eigenvalue weighted by atomic mass is 32.2. The van der Waals surface area contributed by atoms with Crippen LogP contribution in [0.4, 0.5) is 0 Å². The largest absolute Gasteiger partial charge is 0.492 e. The molecule has 0 amide bonds. The van der Waals surface area contributed by atoms with Crippen molar-refractivity contribution in [2.45, 2.75) is 17.9 Å². The van der Waals surface area contributed by atoms with E-state index in [1.807, 2.05) is 23.8 Å². The average molecular weight is 326 g/mol. The van der Waals surface area contributed by atoms with Gasteiger partial charge >= 0.3 is 0 Å². The van der Waals surface area contributed by atoms with Gasteiger partial charge in [0.25, 0.3) is 0 Å². The molecule has 21 heavy (non-hydrogen) atoms. The molecule has 3 N–H and O–H groups in total. The van der Waals surface area contributed by atoms with Gasteiger partial charge in [-0.05, 0) is 53.6 Å². The van der Waals surface area contributed by atoms with E-state index in [9.17, 15) is 8.42 Å². The lowest BCUT2D eigenvalue weighted by atomic mass is 10.2. The van der Waals surface area contributed by atoms with Gasteiger partial charge in [0.1, 0.15) is 12.4 Å². The van der Waals surface area contributed by atoms with Gasteiger partial charge in [0, 0.05) is 12.6 Å². The number of rotatable bonds is 7. The fourth-order valence-corrected chi connectivity index (χ4v) is 3.77. The molecule has 2 rings (SSSR count). The van der Waals surface area contributed by atoms with E-state index < -0.39 is 10.0 Å². The number of ether oxygens (including phenoxy) is 1. The van der Waals surface area contributed by atoms with Gasteiger partial charge in [0.05, 0.1) is 4.90 Å². The lowest BCUT2D eigenvalue weighted by Crippen LogP contribution is -2.26. The molecule has 1 atom stereocenters. The first-order chi connectivity index (χ1) is 10.0. The van der Waals surface area contributed by atoms with Crippen molar-refractivity contribution >= 4 is 21.4 Å². The molecule has 0 saturated heterocycles. The molecule has 5 nitrogen and oxygen atoms in total. The second kappa shape index (κ2) is 7.04. The molecule has 114 valence electrons. The van der Waals surface area contributed by atoms with Crippen molar-refractivity contribution in [3.05, 3.63) is 46.7 Å². The van der Waals surface area contributed by atoms with Crippen LogP contribution in [0, 0.1) is 0 Å². The normalized spacial score (nSPS) is 13.0. The molecule has 1 heterocycles. The Labute approximate surface area is 128 Å². The quantitative estimate of drug-likeness (QED) is 0.816. The molecule has 1 unspecified atom stereocenters. The lowest BCUT2D eigenvalue weighted by Gasteiger charge is -2.13. The number of thiophene rings is 1. The van der Waals surface area contributed by atoms with Crippen molar-refractivity contribution in [2.75, 3.05) is 13.2 Å². The lowest BCUT2D eigenvalue weighted by molar-refractivity contribution is 0.328. The predicted octanol–water partition coefficient (Wildman–Crippen LogP) is 2.13. The van der Waals surface area contributed by atoms with Crippen LogP contribution >= 0.6 is 11.3 Å². The average Bonchev–Trinajstić information content (AvgIpc) is 2.99. The van der Waals surface area contributed by atoms with Crippen LogP contribution < -0.4 is 15.2 Å². The number of hydrogen-bond donors (Lipinski definition) is 2. The van der Waals surface area contributed by atoms with Crippen molar-refractivity contribution in [2.24, 2.45) is 5.73 Å². The smallest absolute Gasteiger partial charge is 0.241 e. The fourth-order valence-electron chi connectivity index (χ4n) is 1.78. The molecule has 0 aliphatic heterocycles. The minimum atomic E-state index is -3.55. The Bertz CT molecular complexity index is 652. The molecule has 1 aromatic carbocycles. The Balaban J connectivity index is 2.08. The van der Waals surface area contributed by atoms with Gasteiger partial charge in [0.2, 0.25) is 10.0 Å². The minimum Gasteiger partial charge on any atom is -0.492 e. The predicted molar refractivity (Wildman–Crippen MR) is 84.0 cm³/mol. The fraction of sp³-hybridized carbons (Fsp3) is 0.286. The van der Waals surface area contributed by atoms with Crippen LogP contribution in [0.2, 0.25) is 0 Å². The van der Waals surface area contributed by atoms with Crippen molar-refractivity contribution in [3.8, 4) is 5.75 Å². The summed E-state index contributed by atoms with van der Waals surface area (Å²) in [6, 6.07) is 7.93. The third kappa shape index (κ3) is 4.28. The minimum absolute atomic E-state index is 0.213.